The molecule has 16 heavy (non-hydrogen) atoms. The Morgan fingerprint density at radius 1 is 1.50 bits per heavy atom. The Hall–Kier alpha value is -0.650. The molecule has 1 aliphatic rings. The lowest BCUT2D eigenvalue weighted by Crippen LogP contribution is -2.08. The lowest BCUT2D eigenvalue weighted by molar-refractivity contribution is 0.715. The lowest BCUT2D eigenvalue weighted by Gasteiger charge is -2.02. The van der Waals surface area contributed by atoms with Crippen LogP contribution in [0.25, 0.3) is 10.6 Å². The van der Waals surface area contributed by atoms with E-state index in [-0.39, 0.29) is 0 Å². The van der Waals surface area contributed by atoms with E-state index in [2.05, 4.69) is 42.7 Å². The topological polar surface area (TPSA) is 40.7 Å². The second kappa shape index (κ2) is 4.31. The van der Waals surface area contributed by atoms with Gasteiger partial charge in [0.05, 0.1) is 16.8 Å². The van der Waals surface area contributed by atoms with E-state index in [1.807, 2.05) is 6.20 Å². The van der Waals surface area contributed by atoms with Gasteiger partial charge in [0.1, 0.15) is 5.82 Å². The monoisotopic (exact) mass is 297 g/mol. The van der Waals surface area contributed by atoms with Crippen molar-refractivity contribution < 1.29 is 0 Å². The summed E-state index contributed by atoms with van der Waals surface area (Å²) in [4.78, 5) is 9.14. The Bertz CT molecular complexity index is 485. The van der Waals surface area contributed by atoms with Gasteiger partial charge in [-0.25, -0.2) is 4.98 Å². The van der Waals surface area contributed by atoms with Gasteiger partial charge in [-0.15, -0.1) is 11.3 Å². The molecule has 0 aliphatic carbocycles. The van der Waals surface area contributed by atoms with Crippen molar-refractivity contribution in [2.24, 2.45) is 0 Å². The zero-order valence-corrected chi connectivity index (χ0v) is 11.1. The van der Waals surface area contributed by atoms with Gasteiger partial charge in [0, 0.05) is 22.3 Å². The molecule has 2 aromatic rings. The molecule has 3 nitrogen and oxygen atoms in total. The molecule has 1 fully saturated rings. The fraction of sp³-hybridized carbons (Fsp3) is 0.364. The average molecular weight is 298 g/mol. The molecule has 2 N–H and O–H groups in total. The van der Waals surface area contributed by atoms with Gasteiger partial charge in [-0.1, -0.05) is 0 Å². The van der Waals surface area contributed by atoms with Gasteiger partial charge >= 0.3 is 0 Å². The quantitative estimate of drug-likeness (QED) is 0.895. The molecule has 3 heterocycles. The number of hydrogen-bond acceptors (Lipinski definition) is 3. The van der Waals surface area contributed by atoms with Gasteiger partial charge in [-0.2, -0.15) is 0 Å². The Morgan fingerprint density at radius 3 is 3.12 bits per heavy atom. The molecule has 84 valence electrons. The smallest absolute Gasteiger partial charge is 0.110 e. The van der Waals surface area contributed by atoms with Crippen molar-refractivity contribution in [3.63, 3.8) is 0 Å². The van der Waals surface area contributed by atoms with Crippen molar-refractivity contribution in [2.45, 2.75) is 12.3 Å². The summed E-state index contributed by atoms with van der Waals surface area (Å²) in [6.45, 7) is 2.15. The Balaban J connectivity index is 1.87. The first kappa shape index (κ1) is 10.5. The molecule has 0 bridgehead atoms. The van der Waals surface area contributed by atoms with Crippen LogP contribution in [-0.2, 0) is 0 Å². The van der Waals surface area contributed by atoms with Crippen molar-refractivity contribution in [2.75, 3.05) is 13.1 Å². The van der Waals surface area contributed by atoms with Crippen LogP contribution in [0.4, 0.5) is 0 Å². The van der Waals surface area contributed by atoms with E-state index in [0.717, 1.165) is 29.1 Å². The van der Waals surface area contributed by atoms with E-state index in [4.69, 9.17) is 0 Å². The first-order chi connectivity index (χ1) is 7.83. The Labute approximate surface area is 106 Å². The van der Waals surface area contributed by atoms with Crippen molar-refractivity contribution in [1.29, 1.82) is 0 Å². The zero-order valence-electron chi connectivity index (χ0n) is 8.66. The third-order valence-electron chi connectivity index (χ3n) is 2.88. The average Bonchev–Trinajstić information content (AvgIpc) is 2.97. The van der Waals surface area contributed by atoms with Crippen LogP contribution in [0, 0.1) is 0 Å². The number of aromatic nitrogens is 2. The third kappa shape index (κ3) is 1.95. The van der Waals surface area contributed by atoms with Gasteiger partial charge in [0.15, 0.2) is 0 Å². The van der Waals surface area contributed by atoms with Crippen LogP contribution < -0.4 is 5.32 Å². The maximum atomic E-state index is 4.48. The number of rotatable bonds is 2. The normalized spacial score (nSPS) is 20.4. The molecule has 1 unspecified atom stereocenters. The number of nitrogens with zero attached hydrogens (tertiary/aromatic N) is 1. The lowest BCUT2D eigenvalue weighted by atomic mass is 10.1. The molecule has 2 aromatic heterocycles. The third-order valence-corrected chi connectivity index (χ3v) is 4.60. The van der Waals surface area contributed by atoms with Crippen LogP contribution in [0.1, 0.15) is 18.2 Å². The number of imidazole rings is 1. The van der Waals surface area contributed by atoms with E-state index in [1.165, 1.54) is 11.3 Å². The summed E-state index contributed by atoms with van der Waals surface area (Å²) in [5, 5.41) is 5.45. The minimum atomic E-state index is 0.553. The predicted octanol–water partition coefficient (Wildman–Crippen LogP) is 2.98. The minimum Gasteiger partial charge on any atom is -0.341 e. The van der Waals surface area contributed by atoms with Gasteiger partial charge in [-0.3, -0.25) is 0 Å². The van der Waals surface area contributed by atoms with Crippen molar-refractivity contribution in [1.82, 2.24) is 15.3 Å². The summed E-state index contributed by atoms with van der Waals surface area (Å²) < 4.78 is 1.13. The maximum absolute atomic E-state index is 4.48. The van der Waals surface area contributed by atoms with Crippen LogP contribution >= 0.6 is 27.3 Å². The molecule has 1 aliphatic heterocycles. The van der Waals surface area contributed by atoms with Crippen LogP contribution in [0.2, 0.25) is 0 Å². The molecule has 0 amide bonds. The highest BCUT2D eigenvalue weighted by atomic mass is 79.9. The van der Waals surface area contributed by atoms with Crippen LogP contribution in [0.15, 0.2) is 22.1 Å². The highest BCUT2D eigenvalue weighted by Gasteiger charge is 2.19. The molecule has 0 aromatic carbocycles. The SMILES string of the molecule is Brc1csc(-c2cnc(C3CCNC3)[nH]2)c1. The van der Waals surface area contributed by atoms with E-state index >= 15 is 0 Å². The molecular weight excluding hydrogens is 286 g/mol. The number of aromatic amines is 1. The summed E-state index contributed by atoms with van der Waals surface area (Å²) in [6, 6.07) is 2.12. The van der Waals surface area contributed by atoms with Gasteiger partial charge < -0.3 is 10.3 Å². The Morgan fingerprint density at radius 2 is 2.44 bits per heavy atom. The molecule has 0 spiro atoms. The summed E-state index contributed by atoms with van der Waals surface area (Å²) in [5.41, 5.74) is 1.12. The summed E-state index contributed by atoms with van der Waals surface area (Å²) in [6.07, 6.45) is 3.12. The molecular formula is C11H12BrN3S. The van der Waals surface area contributed by atoms with Crippen LogP contribution in [-0.4, -0.2) is 23.1 Å². The summed E-state index contributed by atoms with van der Waals surface area (Å²) >= 11 is 5.19. The highest BCUT2D eigenvalue weighted by molar-refractivity contribution is 9.10. The van der Waals surface area contributed by atoms with Gasteiger partial charge in [0.25, 0.3) is 0 Å². The fourth-order valence-electron chi connectivity index (χ4n) is 2.01. The second-order valence-corrected chi connectivity index (χ2v) is 5.83. The fourth-order valence-corrected chi connectivity index (χ4v) is 3.41. The molecule has 3 rings (SSSR count). The summed E-state index contributed by atoms with van der Waals surface area (Å²) in [7, 11) is 0. The van der Waals surface area contributed by atoms with E-state index in [0.29, 0.717) is 5.92 Å². The zero-order chi connectivity index (χ0) is 11.0. The molecule has 1 atom stereocenters. The van der Waals surface area contributed by atoms with E-state index in [1.54, 1.807) is 11.3 Å². The number of thiophene rings is 1. The first-order valence-corrected chi connectivity index (χ1v) is 7.00. The number of H-pyrrole nitrogens is 1. The Kier molecular flexibility index (Phi) is 2.83. The van der Waals surface area contributed by atoms with Crippen molar-refractivity contribution in [3.8, 4) is 10.6 Å². The van der Waals surface area contributed by atoms with Gasteiger partial charge in [0.2, 0.25) is 0 Å². The molecule has 1 saturated heterocycles. The minimum absolute atomic E-state index is 0.553. The van der Waals surface area contributed by atoms with Crippen molar-refractivity contribution >= 4 is 27.3 Å². The number of nitrogens with one attached hydrogen (secondary N) is 2. The maximum Gasteiger partial charge on any atom is 0.110 e. The van der Waals surface area contributed by atoms with E-state index in [9.17, 15) is 0 Å². The first-order valence-electron chi connectivity index (χ1n) is 5.33. The van der Waals surface area contributed by atoms with E-state index < -0.39 is 0 Å². The highest BCUT2D eigenvalue weighted by Crippen LogP contribution is 2.30. The standard InChI is InChI=1S/C11H12BrN3S/c12-8-3-10(16-6-8)9-5-14-11(15-9)7-1-2-13-4-7/h3,5-7,13H,1-2,4H2,(H,14,15). The number of hydrogen-bond donors (Lipinski definition) is 2. The van der Waals surface area contributed by atoms with Crippen molar-refractivity contribution in [3.05, 3.63) is 27.9 Å². The van der Waals surface area contributed by atoms with Gasteiger partial charge in [-0.05, 0) is 35.0 Å². The van der Waals surface area contributed by atoms with Crippen LogP contribution in [0.5, 0.6) is 0 Å². The molecule has 0 saturated carbocycles. The molecule has 0 radical (unpaired) electrons. The number of halogens is 1. The second-order valence-electron chi connectivity index (χ2n) is 4.00. The predicted molar refractivity (Wildman–Crippen MR) is 69.8 cm³/mol. The van der Waals surface area contributed by atoms with Crippen LogP contribution in [0.3, 0.4) is 0 Å². The largest absolute Gasteiger partial charge is 0.341 e. The summed E-state index contributed by atoms with van der Waals surface area (Å²) in [5.74, 6) is 1.67. The molecule has 5 heteroatoms.